The van der Waals surface area contributed by atoms with Crippen LogP contribution in [0.1, 0.15) is 35.1 Å². The summed E-state index contributed by atoms with van der Waals surface area (Å²) in [4.78, 5) is 28.7. The summed E-state index contributed by atoms with van der Waals surface area (Å²) < 4.78 is 3.56. The van der Waals surface area contributed by atoms with Crippen LogP contribution in [-0.4, -0.2) is 35.9 Å². The highest BCUT2D eigenvalue weighted by Gasteiger charge is 2.19. The molecule has 0 saturated carbocycles. The number of carbonyl (C=O) groups excluding carboxylic acids is 1. The quantitative estimate of drug-likeness (QED) is 0.505. The lowest BCUT2D eigenvalue weighted by atomic mass is 10.2. The second-order valence-electron chi connectivity index (χ2n) is 5.61. The highest BCUT2D eigenvalue weighted by atomic mass is 32.2. The number of nitrogens with one attached hydrogen (secondary N) is 1. The summed E-state index contributed by atoms with van der Waals surface area (Å²) in [5, 5.41) is 9.77. The molecule has 1 N–H and O–H groups in total. The van der Waals surface area contributed by atoms with Crippen molar-refractivity contribution < 1.29 is 4.79 Å². The lowest BCUT2D eigenvalue weighted by Crippen LogP contribution is -2.17. The lowest BCUT2D eigenvalue weighted by Gasteiger charge is -2.06. The first kappa shape index (κ1) is 17.7. The summed E-state index contributed by atoms with van der Waals surface area (Å²) in [5.41, 5.74) is 2.30. The fourth-order valence-corrected chi connectivity index (χ4v) is 4.32. The molecule has 0 bridgehead atoms. The van der Waals surface area contributed by atoms with Crippen LogP contribution in [0.4, 0.5) is 0 Å². The summed E-state index contributed by atoms with van der Waals surface area (Å²) in [7, 11) is 0. The van der Waals surface area contributed by atoms with Crippen molar-refractivity contribution in [2.75, 3.05) is 5.75 Å². The number of hydrogen-bond acceptors (Lipinski definition) is 6. The Morgan fingerprint density at radius 2 is 2.20 bits per heavy atom. The first-order valence-electron chi connectivity index (χ1n) is 7.93. The zero-order valence-electron chi connectivity index (χ0n) is 14.3. The SMILES string of the molecule is CCCn1c(SCC(=O)c2cc(C)n(-c3nccs3)c2C)n[nH]c1=O. The fraction of sp³-hybridized carbons (Fsp3) is 0.375. The molecule has 0 unspecified atom stereocenters. The number of ketones is 1. The Morgan fingerprint density at radius 3 is 2.88 bits per heavy atom. The van der Waals surface area contributed by atoms with E-state index < -0.39 is 0 Å². The molecule has 0 saturated heterocycles. The van der Waals surface area contributed by atoms with Gasteiger partial charge in [0.05, 0.1) is 5.75 Å². The van der Waals surface area contributed by atoms with E-state index in [1.54, 1.807) is 10.8 Å². The molecular formula is C16H19N5O2S2. The van der Waals surface area contributed by atoms with E-state index in [9.17, 15) is 9.59 Å². The maximum atomic E-state index is 12.7. The second kappa shape index (κ2) is 7.40. The molecule has 0 aromatic carbocycles. The Hall–Kier alpha value is -2.13. The van der Waals surface area contributed by atoms with E-state index >= 15 is 0 Å². The summed E-state index contributed by atoms with van der Waals surface area (Å²) in [5.74, 6) is 0.246. The first-order chi connectivity index (χ1) is 12.0. The Labute approximate surface area is 153 Å². The van der Waals surface area contributed by atoms with Gasteiger partial charge in [0.25, 0.3) is 0 Å². The molecule has 0 atom stereocenters. The van der Waals surface area contributed by atoms with E-state index in [0.717, 1.165) is 22.9 Å². The Kier molecular flexibility index (Phi) is 5.24. The van der Waals surface area contributed by atoms with E-state index in [1.807, 2.05) is 36.8 Å². The molecule has 0 aliphatic carbocycles. The number of aromatic nitrogens is 5. The van der Waals surface area contributed by atoms with E-state index in [2.05, 4.69) is 15.2 Å². The van der Waals surface area contributed by atoms with Gasteiger partial charge in [-0.1, -0.05) is 18.7 Å². The third-order valence-corrected chi connectivity index (χ3v) is 5.58. The largest absolute Gasteiger partial charge is 0.343 e. The molecule has 0 spiro atoms. The number of aromatic amines is 1. The second-order valence-corrected chi connectivity index (χ2v) is 7.43. The number of rotatable bonds is 7. The average molecular weight is 377 g/mol. The van der Waals surface area contributed by atoms with Gasteiger partial charge in [0.1, 0.15) is 0 Å². The summed E-state index contributed by atoms with van der Waals surface area (Å²) in [6.45, 7) is 6.47. The predicted octanol–water partition coefficient (Wildman–Crippen LogP) is 2.82. The minimum Gasteiger partial charge on any atom is -0.294 e. The van der Waals surface area contributed by atoms with Crippen molar-refractivity contribution in [1.29, 1.82) is 0 Å². The number of aryl methyl sites for hydroxylation is 1. The fourth-order valence-electron chi connectivity index (χ4n) is 2.71. The Balaban J connectivity index is 1.79. The number of thiazole rings is 1. The number of hydrogen-bond donors (Lipinski definition) is 1. The molecule has 0 radical (unpaired) electrons. The molecule has 7 nitrogen and oxygen atoms in total. The monoisotopic (exact) mass is 377 g/mol. The Bertz CT molecular complexity index is 937. The van der Waals surface area contributed by atoms with Gasteiger partial charge in [0.15, 0.2) is 16.1 Å². The standard InChI is InChI=1S/C16H19N5O2S2/c1-4-6-20-14(23)18-19-16(20)25-9-13(22)12-8-10(2)21(11(12)3)15-17-5-7-24-15/h5,7-8H,4,6,9H2,1-3H3,(H,18,23). The molecule has 0 amide bonds. The molecule has 3 heterocycles. The number of Topliss-reactive ketones (excluding diaryl/α,β-unsaturated/α-hetero) is 1. The van der Waals surface area contributed by atoms with Gasteiger partial charge in [0, 0.05) is 35.1 Å². The van der Waals surface area contributed by atoms with Crippen molar-refractivity contribution in [2.45, 2.75) is 38.9 Å². The molecule has 0 fully saturated rings. The van der Waals surface area contributed by atoms with Crippen LogP contribution in [0.25, 0.3) is 5.13 Å². The maximum Gasteiger partial charge on any atom is 0.343 e. The van der Waals surface area contributed by atoms with Gasteiger partial charge >= 0.3 is 5.69 Å². The summed E-state index contributed by atoms with van der Waals surface area (Å²) >= 11 is 2.81. The number of nitrogens with zero attached hydrogens (tertiary/aromatic N) is 4. The van der Waals surface area contributed by atoms with Gasteiger partial charge in [0.2, 0.25) is 0 Å². The van der Waals surface area contributed by atoms with Crippen molar-refractivity contribution >= 4 is 28.9 Å². The van der Waals surface area contributed by atoms with Crippen molar-refractivity contribution in [3.05, 3.63) is 45.1 Å². The van der Waals surface area contributed by atoms with Gasteiger partial charge in [-0.25, -0.2) is 14.9 Å². The van der Waals surface area contributed by atoms with Gasteiger partial charge in [-0.15, -0.1) is 16.4 Å². The maximum absolute atomic E-state index is 12.7. The Morgan fingerprint density at radius 1 is 1.40 bits per heavy atom. The molecule has 25 heavy (non-hydrogen) atoms. The van der Waals surface area contributed by atoms with Crippen LogP contribution < -0.4 is 5.69 Å². The molecule has 3 aromatic rings. The molecule has 0 aliphatic heterocycles. The van der Waals surface area contributed by atoms with Crippen LogP contribution in [0, 0.1) is 13.8 Å². The highest BCUT2D eigenvalue weighted by Crippen LogP contribution is 2.24. The van der Waals surface area contributed by atoms with Crippen LogP contribution in [0.2, 0.25) is 0 Å². The van der Waals surface area contributed by atoms with E-state index in [4.69, 9.17) is 0 Å². The van der Waals surface area contributed by atoms with Gasteiger partial charge in [-0.05, 0) is 26.3 Å². The molecular weight excluding hydrogens is 358 g/mol. The van der Waals surface area contributed by atoms with E-state index in [-0.39, 0.29) is 17.2 Å². The van der Waals surface area contributed by atoms with Crippen LogP contribution >= 0.6 is 23.1 Å². The van der Waals surface area contributed by atoms with Crippen LogP contribution in [0.5, 0.6) is 0 Å². The third-order valence-electron chi connectivity index (χ3n) is 3.84. The molecule has 132 valence electrons. The number of thioether (sulfide) groups is 1. The minimum atomic E-state index is -0.237. The highest BCUT2D eigenvalue weighted by molar-refractivity contribution is 7.99. The zero-order chi connectivity index (χ0) is 18.0. The predicted molar refractivity (Wildman–Crippen MR) is 99.1 cm³/mol. The molecule has 9 heteroatoms. The molecule has 3 rings (SSSR count). The minimum absolute atomic E-state index is 0.0133. The molecule has 3 aromatic heterocycles. The van der Waals surface area contributed by atoms with Crippen LogP contribution in [0.3, 0.4) is 0 Å². The van der Waals surface area contributed by atoms with Gasteiger partial charge < -0.3 is 0 Å². The van der Waals surface area contributed by atoms with Crippen molar-refractivity contribution in [3.63, 3.8) is 0 Å². The first-order valence-corrected chi connectivity index (χ1v) is 9.79. The van der Waals surface area contributed by atoms with Crippen molar-refractivity contribution in [2.24, 2.45) is 0 Å². The van der Waals surface area contributed by atoms with E-state index in [1.165, 1.54) is 23.1 Å². The topological polar surface area (TPSA) is 85.6 Å². The van der Waals surface area contributed by atoms with Gasteiger partial charge in [-0.3, -0.25) is 13.9 Å². The summed E-state index contributed by atoms with van der Waals surface area (Å²) in [6, 6.07) is 1.89. The normalized spacial score (nSPS) is 11.2. The van der Waals surface area contributed by atoms with Crippen LogP contribution in [0.15, 0.2) is 27.6 Å². The van der Waals surface area contributed by atoms with E-state index in [0.29, 0.717) is 17.3 Å². The van der Waals surface area contributed by atoms with Crippen molar-refractivity contribution in [3.8, 4) is 5.13 Å². The van der Waals surface area contributed by atoms with Crippen LogP contribution in [-0.2, 0) is 6.54 Å². The smallest absolute Gasteiger partial charge is 0.294 e. The van der Waals surface area contributed by atoms with Crippen molar-refractivity contribution in [1.82, 2.24) is 24.3 Å². The third kappa shape index (κ3) is 3.47. The molecule has 0 aliphatic rings. The summed E-state index contributed by atoms with van der Waals surface area (Å²) in [6.07, 6.45) is 2.58. The van der Waals surface area contributed by atoms with Gasteiger partial charge in [-0.2, -0.15) is 0 Å². The zero-order valence-corrected chi connectivity index (χ0v) is 15.9. The average Bonchev–Trinajstić information content (AvgIpc) is 3.28. The number of H-pyrrole nitrogens is 1. The number of carbonyl (C=O) groups is 1. The lowest BCUT2D eigenvalue weighted by molar-refractivity contribution is 0.102.